The minimum Gasteiger partial charge on any atom is -0.361 e. The van der Waals surface area contributed by atoms with E-state index < -0.39 is 11.7 Å². The van der Waals surface area contributed by atoms with Gasteiger partial charge < -0.3 is 14.8 Å². The van der Waals surface area contributed by atoms with Crippen LogP contribution in [0.2, 0.25) is 0 Å². The number of halogens is 3. The normalized spacial score (nSPS) is 13.8. The molecular weight excluding hydrogens is 467 g/mol. The number of fused-ring (bicyclic) bond motifs is 1. The van der Waals surface area contributed by atoms with Crippen molar-refractivity contribution >= 4 is 22.7 Å². The van der Waals surface area contributed by atoms with E-state index in [2.05, 4.69) is 4.98 Å². The van der Waals surface area contributed by atoms with Crippen molar-refractivity contribution in [3.63, 3.8) is 0 Å². The molecule has 1 fully saturated rings. The average molecular weight is 500 g/mol. The van der Waals surface area contributed by atoms with Gasteiger partial charge in [-0.1, -0.05) is 44.2 Å². The quantitative estimate of drug-likeness (QED) is 0.384. The Morgan fingerprint density at radius 2 is 1.72 bits per heavy atom. The van der Waals surface area contributed by atoms with E-state index in [-0.39, 0.29) is 36.9 Å². The molecule has 3 aromatic rings. The maximum absolute atomic E-state index is 13.5. The van der Waals surface area contributed by atoms with Crippen LogP contribution in [0, 0.1) is 5.92 Å². The van der Waals surface area contributed by atoms with Crippen LogP contribution in [-0.2, 0) is 28.7 Å². The number of benzene rings is 2. The number of nitrogens with zero attached hydrogens (tertiary/aromatic N) is 2. The molecule has 0 saturated heterocycles. The molecule has 1 aliphatic carbocycles. The molecule has 0 spiro atoms. The van der Waals surface area contributed by atoms with Gasteiger partial charge in [-0.15, -0.1) is 0 Å². The first-order valence-corrected chi connectivity index (χ1v) is 12.4. The summed E-state index contributed by atoms with van der Waals surface area (Å²) in [7, 11) is 0. The SMILES string of the molecule is CC(C)CC(=O)N(CC(=O)N(CCc1c[nH]c2ccccc12)Cc1ccc(C(F)(F)F)cc1)C1CC1. The third-order valence-corrected chi connectivity index (χ3v) is 6.53. The summed E-state index contributed by atoms with van der Waals surface area (Å²) in [6.07, 6.45) is 0.271. The monoisotopic (exact) mass is 499 g/mol. The fourth-order valence-corrected chi connectivity index (χ4v) is 4.42. The Kier molecular flexibility index (Phi) is 7.71. The van der Waals surface area contributed by atoms with Gasteiger partial charge in [0.2, 0.25) is 11.8 Å². The first-order valence-electron chi connectivity index (χ1n) is 12.4. The maximum Gasteiger partial charge on any atom is 0.416 e. The van der Waals surface area contributed by atoms with Gasteiger partial charge in [-0.25, -0.2) is 0 Å². The summed E-state index contributed by atoms with van der Waals surface area (Å²) in [5.41, 5.74) is 1.96. The van der Waals surface area contributed by atoms with Gasteiger partial charge in [0.1, 0.15) is 6.54 Å². The summed E-state index contributed by atoms with van der Waals surface area (Å²) in [6.45, 7) is 4.51. The van der Waals surface area contributed by atoms with Crippen LogP contribution in [0.3, 0.4) is 0 Å². The van der Waals surface area contributed by atoms with Crippen LogP contribution in [0.15, 0.2) is 54.7 Å². The third-order valence-electron chi connectivity index (χ3n) is 6.53. The highest BCUT2D eigenvalue weighted by molar-refractivity contribution is 5.86. The van der Waals surface area contributed by atoms with Crippen molar-refractivity contribution in [2.24, 2.45) is 5.92 Å². The summed E-state index contributed by atoms with van der Waals surface area (Å²) in [5, 5.41) is 1.08. The molecule has 1 N–H and O–H groups in total. The molecule has 1 heterocycles. The molecule has 0 radical (unpaired) electrons. The lowest BCUT2D eigenvalue weighted by Crippen LogP contribution is -2.44. The highest BCUT2D eigenvalue weighted by atomic mass is 19.4. The number of rotatable bonds is 10. The molecule has 8 heteroatoms. The van der Waals surface area contributed by atoms with Crippen molar-refractivity contribution in [3.05, 3.63) is 71.4 Å². The zero-order valence-electron chi connectivity index (χ0n) is 20.6. The lowest BCUT2D eigenvalue weighted by atomic mass is 10.1. The van der Waals surface area contributed by atoms with E-state index in [1.807, 2.05) is 44.3 Å². The van der Waals surface area contributed by atoms with Gasteiger partial charge in [0.25, 0.3) is 0 Å². The van der Waals surface area contributed by atoms with E-state index in [4.69, 9.17) is 0 Å². The molecule has 36 heavy (non-hydrogen) atoms. The van der Waals surface area contributed by atoms with Gasteiger partial charge in [-0.2, -0.15) is 13.2 Å². The van der Waals surface area contributed by atoms with Crippen molar-refractivity contribution in [1.29, 1.82) is 0 Å². The number of alkyl halides is 3. The number of H-pyrrole nitrogens is 1. The van der Waals surface area contributed by atoms with E-state index in [1.54, 1.807) is 9.80 Å². The molecule has 4 rings (SSSR count). The van der Waals surface area contributed by atoms with E-state index in [0.29, 0.717) is 24.9 Å². The van der Waals surface area contributed by atoms with E-state index in [0.717, 1.165) is 41.4 Å². The van der Waals surface area contributed by atoms with Gasteiger partial charge in [-0.05, 0) is 54.5 Å². The fourth-order valence-electron chi connectivity index (χ4n) is 4.42. The molecule has 1 saturated carbocycles. The van der Waals surface area contributed by atoms with E-state index >= 15 is 0 Å². The second-order valence-electron chi connectivity index (χ2n) is 9.97. The molecule has 0 aliphatic heterocycles. The van der Waals surface area contributed by atoms with Crippen molar-refractivity contribution < 1.29 is 22.8 Å². The smallest absolute Gasteiger partial charge is 0.361 e. The van der Waals surface area contributed by atoms with Crippen molar-refractivity contribution in [2.45, 2.75) is 58.3 Å². The number of para-hydroxylation sites is 1. The zero-order valence-corrected chi connectivity index (χ0v) is 20.6. The number of carbonyl (C=O) groups excluding carboxylic acids is 2. The fraction of sp³-hybridized carbons (Fsp3) is 0.429. The van der Waals surface area contributed by atoms with Crippen LogP contribution in [0.1, 0.15) is 49.8 Å². The van der Waals surface area contributed by atoms with Gasteiger partial charge in [-0.3, -0.25) is 9.59 Å². The standard InChI is InChI=1S/C28H32F3N3O2/c1-19(2)15-26(35)34(23-11-12-23)18-27(36)33(17-20-7-9-22(10-8-20)28(29,30)31)14-13-21-16-32-25-6-4-3-5-24(21)25/h3-10,16,19,23,32H,11-15,17-18H2,1-2H3. The van der Waals surface area contributed by atoms with E-state index in [1.165, 1.54) is 12.1 Å². The average Bonchev–Trinajstić information content (AvgIpc) is 3.58. The predicted molar refractivity (Wildman–Crippen MR) is 133 cm³/mol. The summed E-state index contributed by atoms with van der Waals surface area (Å²) in [5.74, 6) is -0.0234. The minimum absolute atomic E-state index is 0.00919. The molecule has 2 aromatic carbocycles. The first-order chi connectivity index (χ1) is 17.1. The Morgan fingerprint density at radius 3 is 2.36 bits per heavy atom. The number of nitrogens with one attached hydrogen (secondary N) is 1. The Hall–Kier alpha value is -3.29. The van der Waals surface area contributed by atoms with Crippen LogP contribution in [0.4, 0.5) is 13.2 Å². The van der Waals surface area contributed by atoms with Gasteiger partial charge >= 0.3 is 6.18 Å². The molecule has 0 unspecified atom stereocenters. The molecule has 0 bridgehead atoms. The number of aromatic amines is 1. The minimum atomic E-state index is -4.41. The summed E-state index contributed by atoms with van der Waals surface area (Å²) in [4.78, 5) is 32.9. The highest BCUT2D eigenvalue weighted by Crippen LogP contribution is 2.30. The molecule has 2 amide bonds. The first kappa shape index (κ1) is 25.8. The van der Waals surface area contributed by atoms with Gasteiger partial charge in [0, 0.05) is 42.7 Å². The third kappa shape index (κ3) is 6.47. The topological polar surface area (TPSA) is 56.4 Å². The number of aromatic nitrogens is 1. The molecule has 5 nitrogen and oxygen atoms in total. The van der Waals surface area contributed by atoms with Crippen LogP contribution in [0.25, 0.3) is 10.9 Å². The second kappa shape index (κ2) is 10.8. The summed E-state index contributed by atoms with van der Waals surface area (Å²) >= 11 is 0. The lowest BCUT2D eigenvalue weighted by Gasteiger charge is -2.28. The van der Waals surface area contributed by atoms with Crippen LogP contribution >= 0.6 is 0 Å². The number of hydrogen-bond acceptors (Lipinski definition) is 2. The molecule has 1 aliphatic rings. The number of amides is 2. The van der Waals surface area contributed by atoms with Crippen molar-refractivity contribution in [1.82, 2.24) is 14.8 Å². The molecular formula is C28H32F3N3O2. The van der Waals surface area contributed by atoms with Crippen LogP contribution in [-0.4, -0.2) is 45.7 Å². The van der Waals surface area contributed by atoms with Crippen LogP contribution < -0.4 is 0 Å². The van der Waals surface area contributed by atoms with Gasteiger partial charge in [0.05, 0.1) is 5.56 Å². The predicted octanol–water partition coefficient (Wildman–Crippen LogP) is 5.80. The lowest BCUT2D eigenvalue weighted by molar-refractivity contribution is -0.141. The van der Waals surface area contributed by atoms with Gasteiger partial charge in [0.15, 0.2) is 0 Å². The van der Waals surface area contributed by atoms with E-state index in [9.17, 15) is 22.8 Å². The Labute approximate surface area is 209 Å². The molecule has 0 atom stereocenters. The maximum atomic E-state index is 13.5. The van der Waals surface area contributed by atoms with Crippen LogP contribution in [0.5, 0.6) is 0 Å². The second-order valence-corrected chi connectivity index (χ2v) is 9.97. The zero-order chi connectivity index (χ0) is 25.9. The Bertz CT molecular complexity index is 1200. The summed E-state index contributed by atoms with van der Waals surface area (Å²) in [6, 6.07) is 12.9. The summed E-state index contributed by atoms with van der Waals surface area (Å²) < 4.78 is 39.0. The Morgan fingerprint density at radius 1 is 1.03 bits per heavy atom. The number of hydrogen-bond donors (Lipinski definition) is 1. The van der Waals surface area contributed by atoms with Crippen molar-refractivity contribution in [3.8, 4) is 0 Å². The number of carbonyl (C=O) groups is 2. The highest BCUT2D eigenvalue weighted by Gasteiger charge is 2.35. The Balaban J connectivity index is 1.52. The molecule has 1 aromatic heterocycles. The van der Waals surface area contributed by atoms with Crippen molar-refractivity contribution in [2.75, 3.05) is 13.1 Å². The largest absolute Gasteiger partial charge is 0.416 e. The molecule has 192 valence electrons.